The summed E-state index contributed by atoms with van der Waals surface area (Å²) in [5.74, 6) is 0.412. The first-order chi connectivity index (χ1) is 13.2. The summed E-state index contributed by atoms with van der Waals surface area (Å²) in [7, 11) is 1.63. The van der Waals surface area contributed by atoms with Gasteiger partial charge in [-0.1, -0.05) is 25.0 Å². The summed E-state index contributed by atoms with van der Waals surface area (Å²) >= 11 is 0. The van der Waals surface area contributed by atoms with E-state index < -0.39 is 0 Å². The summed E-state index contributed by atoms with van der Waals surface area (Å²) in [6.45, 7) is 0.504. The highest BCUT2D eigenvalue weighted by Gasteiger charge is 2.19. The molecule has 2 aromatic rings. The fourth-order valence-electron chi connectivity index (χ4n) is 3.24. The Morgan fingerprint density at radius 3 is 2.41 bits per heavy atom. The largest absolute Gasteiger partial charge is 0.497 e. The highest BCUT2D eigenvalue weighted by molar-refractivity contribution is 5.99. The number of pyridine rings is 1. The highest BCUT2D eigenvalue weighted by Crippen LogP contribution is 2.18. The maximum atomic E-state index is 12.4. The van der Waals surface area contributed by atoms with Crippen LogP contribution in [0.5, 0.6) is 5.75 Å². The smallest absolute Gasteiger partial charge is 0.253 e. The lowest BCUT2D eigenvalue weighted by Gasteiger charge is -2.12. The van der Waals surface area contributed by atoms with Crippen LogP contribution in [0.25, 0.3) is 0 Å². The van der Waals surface area contributed by atoms with Crippen molar-refractivity contribution >= 4 is 11.8 Å². The minimum Gasteiger partial charge on any atom is -0.497 e. The van der Waals surface area contributed by atoms with Crippen LogP contribution in [0.2, 0.25) is 0 Å². The van der Waals surface area contributed by atoms with E-state index in [2.05, 4.69) is 15.6 Å². The zero-order valence-corrected chi connectivity index (χ0v) is 15.5. The number of ether oxygens (including phenoxy) is 1. The molecule has 142 valence electrons. The van der Waals surface area contributed by atoms with Gasteiger partial charge >= 0.3 is 0 Å². The Kier molecular flexibility index (Phi) is 6.41. The number of amides is 2. The summed E-state index contributed by atoms with van der Waals surface area (Å²) in [5.41, 5.74) is 1.92. The van der Waals surface area contributed by atoms with Crippen LogP contribution in [-0.2, 0) is 6.42 Å². The van der Waals surface area contributed by atoms with Gasteiger partial charge in [-0.15, -0.1) is 0 Å². The average Bonchev–Trinajstić information content (AvgIpc) is 3.21. The molecule has 0 saturated heterocycles. The molecule has 3 rings (SSSR count). The molecule has 0 atom stereocenters. The summed E-state index contributed by atoms with van der Waals surface area (Å²) in [4.78, 5) is 28.7. The van der Waals surface area contributed by atoms with E-state index in [1.807, 2.05) is 24.3 Å². The molecule has 0 unspecified atom stereocenters. The topological polar surface area (TPSA) is 80.3 Å². The summed E-state index contributed by atoms with van der Waals surface area (Å²) in [6.07, 6.45) is 8.04. The first-order valence-corrected chi connectivity index (χ1v) is 9.33. The number of methoxy groups -OCH3 is 1. The van der Waals surface area contributed by atoms with Crippen molar-refractivity contribution in [1.82, 2.24) is 15.6 Å². The van der Waals surface area contributed by atoms with E-state index in [1.165, 1.54) is 12.4 Å². The van der Waals surface area contributed by atoms with Crippen molar-refractivity contribution in [2.75, 3.05) is 13.7 Å². The number of carbonyl (C=O) groups is 2. The van der Waals surface area contributed by atoms with Gasteiger partial charge < -0.3 is 15.4 Å². The molecule has 1 aromatic carbocycles. The maximum Gasteiger partial charge on any atom is 0.253 e. The van der Waals surface area contributed by atoms with Crippen molar-refractivity contribution in [3.63, 3.8) is 0 Å². The van der Waals surface area contributed by atoms with Gasteiger partial charge in [0.25, 0.3) is 11.8 Å². The third-order valence-corrected chi connectivity index (χ3v) is 4.81. The Morgan fingerprint density at radius 2 is 1.74 bits per heavy atom. The lowest BCUT2D eigenvalue weighted by atomic mass is 10.1. The molecule has 0 radical (unpaired) electrons. The van der Waals surface area contributed by atoms with Crippen molar-refractivity contribution in [2.24, 2.45) is 0 Å². The quantitative estimate of drug-likeness (QED) is 0.789. The first kappa shape index (κ1) is 18.9. The lowest BCUT2D eigenvalue weighted by Crippen LogP contribution is -2.33. The van der Waals surface area contributed by atoms with Gasteiger partial charge in [-0.3, -0.25) is 14.6 Å². The van der Waals surface area contributed by atoms with Gasteiger partial charge in [0, 0.05) is 25.0 Å². The molecule has 6 heteroatoms. The summed E-state index contributed by atoms with van der Waals surface area (Å²) in [5, 5.41) is 5.89. The molecule has 2 amide bonds. The fourth-order valence-corrected chi connectivity index (χ4v) is 3.24. The Hall–Kier alpha value is -2.89. The molecule has 2 N–H and O–H groups in total. The molecule has 1 fully saturated rings. The Labute approximate surface area is 159 Å². The molecular weight excluding hydrogens is 342 g/mol. The van der Waals surface area contributed by atoms with Gasteiger partial charge in [0.05, 0.1) is 18.2 Å². The Bertz CT molecular complexity index is 784. The summed E-state index contributed by atoms with van der Waals surface area (Å²) in [6, 6.07) is 9.57. The molecule has 0 bridgehead atoms. The zero-order valence-electron chi connectivity index (χ0n) is 15.5. The monoisotopic (exact) mass is 367 g/mol. The van der Waals surface area contributed by atoms with Gasteiger partial charge in [0.1, 0.15) is 5.75 Å². The molecule has 27 heavy (non-hydrogen) atoms. The molecule has 1 aromatic heterocycles. The van der Waals surface area contributed by atoms with E-state index in [0.29, 0.717) is 24.1 Å². The van der Waals surface area contributed by atoms with E-state index in [-0.39, 0.29) is 17.9 Å². The number of rotatable bonds is 7. The predicted octanol–water partition coefficient (Wildman–Crippen LogP) is 2.74. The molecule has 1 saturated carbocycles. The van der Waals surface area contributed by atoms with Crippen molar-refractivity contribution in [3.05, 3.63) is 59.4 Å². The van der Waals surface area contributed by atoms with Crippen LogP contribution >= 0.6 is 0 Å². The van der Waals surface area contributed by atoms with Crippen molar-refractivity contribution in [1.29, 1.82) is 0 Å². The van der Waals surface area contributed by atoms with E-state index >= 15 is 0 Å². The van der Waals surface area contributed by atoms with Crippen LogP contribution in [0.3, 0.4) is 0 Å². The number of carbonyl (C=O) groups excluding carboxylic acids is 2. The number of hydrogen-bond acceptors (Lipinski definition) is 4. The molecule has 1 aliphatic rings. The normalized spacial score (nSPS) is 14.0. The fraction of sp³-hybridized carbons (Fsp3) is 0.381. The molecular formula is C21H25N3O3. The second-order valence-corrected chi connectivity index (χ2v) is 6.77. The Balaban J connectivity index is 1.52. The maximum absolute atomic E-state index is 12.4. The third kappa shape index (κ3) is 5.29. The van der Waals surface area contributed by atoms with Crippen LogP contribution in [0.15, 0.2) is 42.7 Å². The van der Waals surface area contributed by atoms with Crippen molar-refractivity contribution < 1.29 is 14.3 Å². The van der Waals surface area contributed by atoms with Gasteiger partial charge in [-0.05, 0) is 43.0 Å². The minimum absolute atomic E-state index is 0.165. The third-order valence-electron chi connectivity index (χ3n) is 4.81. The molecule has 1 aliphatic carbocycles. The van der Waals surface area contributed by atoms with Gasteiger partial charge in [0.2, 0.25) is 0 Å². The lowest BCUT2D eigenvalue weighted by molar-refractivity contribution is 0.0937. The second-order valence-electron chi connectivity index (χ2n) is 6.77. The second kappa shape index (κ2) is 9.16. The first-order valence-electron chi connectivity index (χ1n) is 9.33. The zero-order chi connectivity index (χ0) is 19.1. The highest BCUT2D eigenvalue weighted by atomic mass is 16.5. The van der Waals surface area contributed by atoms with Crippen LogP contribution < -0.4 is 15.4 Å². The van der Waals surface area contributed by atoms with Gasteiger partial charge in [-0.25, -0.2) is 0 Å². The van der Waals surface area contributed by atoms with E-state index in [4.69, 9.17) is 4.74 Å². The van der Waals surface area contributed by atoms with Crippen LogP contribution in [0.4, 0.5) is 0 Å². The Morgan fingerprint density at radius 1 is 1.07 bits per heavy atom. The number of benzene rings is 1. The molecule has 0 aliphatic heterocycles. The number of aromatic nitrogens is 1. The van der Waals surface area contributed by atoms with Gasteiger partial charge in [0.15, 0.2) is 0 Å². The number of hydrogen-bond donors (Lipinski definition) is 2. The SMILES string of the molecule is COc1ccc(CCNC(=O)c2cncc(C(=O)NC3CCCC3)c2)cc1. The predicted molar refractivity (Wildman–Crippen MR) is 103 cm³/mol. The standard InChI is InChI=1S/C21H25N3O3/c1-27-19-8-6-15(7-9-19)10-11-23-20(25)16-12-17(14-22-13-16)21(26)24-18-4-2-3-5-18/h6-9,12-14,18H,2-5,10-11H2,1H3,(H,23,25)(H,24,26). The van der Waals surface area contributed by atoms with Crippen molar-refractivity contribution in [3.8, 4) is 5.75 Å². The number of nitrogens with zero attached hydrogens (tertiary/aromatic N) is 1. The average molecular weight is 367 g/mol. The van der Waals surface area contributed by atoms with Crippen LogP contribution in [-0.4, -0.2) is 36.5 Å². The van der Waals surface area contributed by atoms with E-state index in [1.54, 1.807) is 13.2 Å². The van der Waals surface area contributed by atoms with E-state index in [9.17, 15) is 9.59 Å². The molecule has 0 spiro atoms. The van der Waals surface area contributed by atoms with E-state index in [0.717, 1.165) is 37.0 Å². The minimum atomic E-state index is -0.230. The molecule has 6 nitrogen and oxygen atoms in total. The number of nitrogens with one attached hydrogen (secondary N) is 2. The molecule has 1 heterocycles. The van der Waals surface area contributed by atoms with Gasteiger partial charge in [-0.2, -0.15) is 0 Å². The van der Waals surface area contributed by atoms with Crippen LogP contribution in [0, 0.1) is 0 Å². The van der Waals surface area contributed by atoms with Crippen LogP contribution in [0.1, 0.15) is 52.0 Å². The summed E-state index contributed by atoms with van der Waals surface area (Å²) < 4.78 is 5.13. The van der Waals surface area contributed by atoms with Crippen molar-refractivity contribution in [2.45, 2.75) is 38.1 Å².